The average molecular weight is 439 g/mol. The van der Waals surface area contributed by atoms with Gasteiger partial charge in [-0.25, -0.2) is 4.79 Å². The van der Waals surface area contributed by atoms with E-state index in [1.165, 1.54) is 17.4 Å². The van der Waals surface area contributed by atoms with Crippen LogP contribution in [0, 0.1) is 12.3 Å². The molecule has 2 aromatic heterocycles. The van der Waals surface area contributed by atoms with Crippen LogP contribution in [0.5, 0.6) is 0 Å². The van der Waals surface area contributed by atoms with Crippen LogP contribution in [0.25, 0.3) is 6.08 Å². The van der Waals surface area contributed by atoms with Crippen LogP contribution in [0.1, 0.15) is 28.0 Å². The zero-order chi connectivity index (χ0) is 22.2. The van der Waals surface area contributed by atoms with Gasteiger partial charge in [-0.05, 0) is 50.2 Å². The van der Waals surface area contributed by atoms with Crippen molar-refractivity contribution in [1.29, 1.82) is 0 Å². The summed E-state index contributed by atoms with van der Waals surface area (Å²) in [5.74, 6) is 2.46. The molecule has 1 atom stereocenters. The predicted octanol–water partition coefficient (Wildman–Crippen LogP) is 2.92. The van der Waals surface area contributed by atoms with Crippen LogP contribution < -0.4 is 10.6 Å². The maximum Gasteiger partial charge on any atom is 0.407 e. The first kappa shape index (κ1) is 22.5. The molecule has 0 aromatic carbocycles. The number of carbonyl (C=O) groups excluding carboxylic acids is 2. The zero-order valence-electron chi connectivity index (χ0n) is 17.7. The number of rotatable bonds is 7. The van der Waals surface area contributed by atoms with Gasteiger partial charge in [0.1, 0.15) is 11.1 Å². The van der Waals surface area contributed by atoms with Gasteiger partial charge < -0.3 is 20.3 Å². The van der Waals surface area contributed by atoms with Gasteiger partial charge in [0.05, 0.1) is 5.56 Å². The van der Waals surface area contributed by atoms with Gasteiger partial charge in [-0.2, -0.15) is 0 Å². The molecule has 3 rings (SSSR count). The number of amides is 2. The fraction of sp³-hybridized carbons (Fsp3) is 0.348. The van der Waals surface area contributed by atoms with Crippen molar-refractivity contribution in [2.24, 2.45) is 0 Å². The first-order chi connectivity index (χ1) is 15.0. The van der Waals surface area contributed by atoms with Gasteiger partial charge in [-0.1, -0.05) is 12.0 Å². The number of hydrogen-bond donors (Lipinski definition) is 2. The fourth-order valence-corrected chi connectivity index (χ4v) is 4.55. The third-order valence-electron chi connectivity index (χ3n) is 4.81. The summed E-state index contributed by atoms with van der Waals surface area (Å²) in [6.45, 7) is 1.28. The van der Waals surface area contributed by atoms with Crippen LogP contribution in [0.3, 0.4) is 0 Å². The van der Waals surface area contributed by atoms with E-state index in [-0.39, 0.29) is 12.0 Å². The Morgan fingerprint density at radius 1 is 1.45 bits per heavy atom. The van der Waals surface area contributed by atoms with Crippen LogP contribution in [0.2, 0.25) is 0 Å². The summed E-state index contributed by atoms with van der Waals surface area (Å²) in [6.07, 6.45) is 13.6. The van der Waals surface area contributed by atoms with Crippen LogP contribution in [0.15, 0.2) is 30.6 Å². The van der Waals surface area contributed by atoms with E-state index in [0.29, 0.717) is 30.8 Å². The number of fused-ring (bicyclic) bond motifs is 1. The lowest BCUT2D eigenvalue weighted by molar-refractivity contribution is -0.111. The molecule has 1 aliphatic carbocycles. The van der Waals surface area contributed by atoms with Crippen LogP contribution >= 0.6 is 11.3 Å². The minimum atomic E-state index is -0.405. The number of aromatic nitrogens is 1. The molecular formula is C23H26N4O3S. The van der Waals surface area contributed by atoms with Gasteiger partial charge in [-0.15, -0.1) is 17.8 Å². The summed E-state index contributed by atoms with van der Waals surface area (Å²) in [5, 5.41) is 6.31. The number of anilines is 1. The highest BCUT2D eigenvalue weighted by Crippen LogP contribution is 2.38. The number of nitrogens with zero attached hydrogens (tertiary/aromatic N) is 2. The summed E-state index contributed by atoms with van der Waals surface area (Å²) in [4.78, 5) is 31.4. The molecule has 0 bridgehead atoms. The molecule has 31 heavy (non-hydrogen) atoms. The molecule has 162 valence electrons. The van der Waals surface area contributed by atoms with E-state index < -0.39 is 6.09 Å². The summed E-state index contributed by atoms with van der Waals surface area (Å²) in [7, 11) is 3.89. The van der Waals surface area contributed by atoms with Crippen molar-refractivity contribution in [1.82, 2.24) is 15.2 Å². The molecule has 0 saturated heterocycles. The minimum Gasteiger partial charge on any atom is -0.446 e. The Hall–Kier alpha value is -3.15. The fourth-order valence-electron chi connectivity index (χ4n) is 3.27. The van der Waals surface area contributed by atoms with Crippen molar-refractivity contribution in [3.05, 3.63) is 52.2 Å². The first-order valence-electron chi connectivity index (χ1n) is 10.1. The monoisotopic (exact) mass is 438 g/mol. The summed E-state index contributed by atoms with van der Waals surface area (Å²) in [6, 6.07) is 3.67. The van der Waals surface area contributed by atoms with Crippen LogP contribution in [-0.4, -0.2) is 55.2 Å². The maximum atomic E-state index is 12.4. The Bertz CT molecular complexity index is 992. The van der Waals surface area contributed by atoms with Crippen LogP contribution in [0.4, 0.5) is 9.80 Å². The Labute approximate surface area is 186 Å². The lowest BCUT2D eigenvalue weighted by Crippen LogP contribution is -2.35. The normalized spacial score (nSPS) is 15.4. The lowest BCUT2D eigenvalue weighted by Gasteiger charge is -2.22. The number of hydrogen-bond acceptors (Lipinski definition) is 6. The molecule has 2 aromatic rings. The van der Waals surface area contributed by atoms with Crippen molar-refractivity contribution in [2.45, 2.75) is 25.4 Å². The van der Waals surface area contributed by atoms with Gasteiger partial charge in [-0.3, -0.25) is 9.78 Å². The van der Waals surface area contributed by atoms with E-state index in [2.05, 4.69) is 21.5 Å². The zero-order valence-corrected chi connectivity index (χ0v) is 18.5. The third kappa shape index (κ3) is 6.41. The first-order valence-corrected chi connectivity index (χ1v) is 10.9. The lowest BCUT2D eigenvalue weighted by atomic mass is 9.93. The molecule has 0 radical (unpaired) electrons. The molecule has 0 spiro atoms. The van der Waals surface area contributed by atoms with Gasteiger partial charge in [0.25, 0.3) is 0 Å². The molecule has 0 aliphatic heterocycles. The molecule has 2 N–H and O–H groups in total. The summed E-state index contributed by atoms with van der Waals surface area (Å²) >= 11 is 1.45. The van der Waals surface area contributed by atoms with Gasteiger partial charge in [0.2, 0.25) is 5.91 Å². The SMILES string of the molecule is C#Cc1c(NC(=O)/C=C/c2cccnc2)sc2c1CCC(OC(=O)NCCN(C)C)C2. The maximum absolute atomic E-state index is 12.4. The minimum absolute atomic E-state index is 0.204. The second-order valence-corrected chi connectivity index (χ2v) is 8.57. The Balaban J connectivity index is 1.61. The smallest absolute Gasteiger partial charge is 0.407 e. The Morgan fingerprint density at radius 3 is 3.00 bits per heavy atom. The van der Waals surface area contributed by atoms with Crippen molar-refractivity contribution < 1.29 is 14.3 Å². The largest absolute Gasteiger partial charge is 0.446 e. The molecular weight excluding hydrogens is 412 g/mol. The number of alkyl carbamates (subject to hydrolysis) is 1. The van der Waals surface area contributed by atoms with Crippen molar-refractivity contribution in [3.63, 3.8) is 0 Å². The van der Waals surface area contributed by atoms with Crippen LogP contribution in [-0.2, 0) is 22.4 Å². The van der Waals surface area contributed by atoms with E-state index in [1.54, 1.807) is 18.5 Å². The average Bonchev–Trinajstić information content (AvgIpc) is 3.08. The number of nitrogens with one attached hydrogen (secondary N) is 2. The number of ether oxygens (including phenoxy) is 1. The number of thiophene rings is 1. The van der Waals surface area contributed by atoms with Crippen molar-refractivity contribution >= 4 is 34.4 Å². The number of carbonyl (C=O) groups is 2. The number of likely N-dealkylation sites (N-methyl/N-ethyl adjacent to an activating group) is 1. The second-order valence-electron chi connectivity index (χ2n) is 7.46. The standard InChI is InChI=1S/C23H26N4O3S/c1-4-18-19-9-8-17(30-23(29)25-12-13-27(2)3)14-20(19)31-22(18)26-21(28)10-7-16-6-5-11-24-15-16/h1,5-7,10-11,15,17H,8-9,12-14H2,2-3H3,(H,25,29)(H,26,28)/b10-7+. The second kappa shape index (κ2) is 10.8. The van der Waals surface area contributed by atoms with E-state index in [4.69, 9.17) is 11.2 Å². The summed E-state index contributed by atoms with van der Waals surface area (Å²) < 4.78 is 5.56. The number of pyridine rings is 1. The predicted molar refractivity (Wildman–Crippen MR) is 123 cm³/mol. The topological polar surface area (TPSA) is 83.6 Å². The molecule has 8 heteroatoms. The van der Waals surface area contributed by atoms with E-state index in [1.807, 2.05) is 31.1 Å². The molecule has 2 heterocycles. The van der Waals surface area contributed by atoms with Crippen molar-refractivity contribution in [3.8, 4) is 12.3 Å². The Kier molecular flexibility index (Phi) is 7.82. The molecule has 1 aliphatic rings. The van der Waals surface area contributed by atoms with E-state index in [9.17, 15) is 9.59 Å². The highest BCUT2D eigenvalue weighted by Gasteiger charge is 2.27. The third-order valence-corrected chi connectivity index (χ3v) is 5.98. The molecule has 1 unspecified atom stereocenters. The van der Waals surface area contributed by atoms with E-state index in [0.717, 1.165) is 28.1 Å². The molecule has 0 saturated carbocycles. The number of terminal acetylenes is 1. The summed E-state index contributed by atoms with van der Waals surface area (Å²) in [5.41, 5.74) is 2.62. The van der Waals surface area contributed by atoms with Gasteiger partial charge in [0, 0.05) is 42.9 Å². The quantitative estimate of drug-likeness (QED) is 0.513. The molecule has 0 fully saturated rings. The van der Waals surface area contributed by atoms with E-state index >= 15 is 0 Å². The van der Waals surface area contributed by atoms with Gasteiger partial charge in [0.15, 0.2) is 0 Å². The highest BCUT2D eigenvalue weighted by atomic mass is 32.1. The molecule has 2 amide bonds. The Morgan fingerprint density at radius 2 is 2.29 bits per heavy atom. The van der Waals surface area contributed by atoms with Crippen molar-refractivity contribution in [2.75, 3.05) is 32.5 Å². The van der Waals surface area contributed by atoms with Gasteiger partial charge >= 0.3 is 6.09 Å². The molecule has 7 nitrogen and oxygen atoms in total. The highest BCUT2D eigenvalue weighted by molar-refractivity contribution is 7.16.